The predicted molar refractivity (Wildman–Crippen MR) is 133 cm³/mol. The highest BCUT2D eigenvalue weighted by Crippen LogP contribution is 2.53. The summed E-state index contributed by atoms with van der Waals surface area (Å²) in [5.41, 5.74) is 6.58. The molecule has 0 fully saturated rings. The molecule has 0 spiro atoms. The number of para-hydroxylation sites is 1. The second-order valence-corrected chi connectivity index (χ2v) is 9.12. The number of benzene rings is 3. The van der Waals surface area contributed by atoms with Gasteiger partial charge in [-0.2, -0.15) is 0 Å². The highest BCUT2D eigenvalue weighted by atomic mass is 16.3. The van der Waals surface area contributed by atoms with Gasteiger partial charge in [-0.25, -0.2) is 4.79 Å². The van der Waals surface area contributed by atoms with Crippen LogP contribution >= 0.6 is 0 Å². The first-order valence-corrected chi connectivity index (χ1v) is 11.7. The monoisotopic (exact) mass is 475 g/mol. The van der Waals surface area contributed by atoms with E-state index in [2.05, 4.69) is 15.5 Å². The molecule has 1 unspecified atom stereocenters. The van der Waals surface area contributed by atoms with Crippen molar-refractivity contribution in [3.05, 3.63) is 75.8 Å². The SMILES string of the molecule is CN1CCc2cc(CO)c(CO)c3c2C1Cc1c(NC(=O)Nc2ccccc2)cc(CO)c(O)c1-3. The van der Waals surface area contributed by atoms with Gasteiger partial charge in [0.2, 0.25) is 0 Å². The van der Waals surface area contributed by atoms with Gasteiger partial charge in [-0.15, -0.1) is 0 Å². The largest absolute Gasteiger partial charge is 0.507 e. The second kappa shape index (κ2) is 9.31. The molecule has 35 heavy (non-hydrogen) atoms. The van der Waals surface area contributed by atoms with Crippen LogP contribution in [0.2, 0.25) is 0 Å². The summed E-state index contributed by atoms with van der Waals surface area (Å²) in [6.07, 6.45) is 1.32. The van der Waals surface area contributed by atoms with Gasteiger partial charge >= 0.3 is 6.03 Å². The van der Waals surface area contributed by atoms with E-state index in [4.69, 9.17) is 0 Å². The first kappa shape index (κ1) is 23.3. The van der Waals surface area contributed by atoms with Crippen LogP contribution < -0.4 is 10.6 Å². The Labute approximate surface area is 203 Å². The Bertz CT molecular complexity index is 1290. The maximum Gasteiger partial charge on any atom is 0.323 e. The Morgan fingerprint density at radius 1 is 1.00 bits per heavy atom. The number of phenols is 1. The molecular formula is C27H29N3O5. The number of amides is 2. The summed E-state index contributed by atoms with van der Waals surface area (Å²) in [6, 6.07) is 12.2. The number of hydrogen-bond donors (Lipinski definition) is 6. The van der Waals surface area contributed by atoms with E-state index in [9.17, 15) is 25.2 Å². The third-order valence-electron chi connectivity index (χ3n) is 7.16. The molecule has 2 amide bonds. The Kier molecular flexibility index (Phi) is 6.21. The molecule has 8 nitrogen and oxygen atoms in total. The Balaban J connectivity index is 1.70. The molecule has 3 aromatic rings. The smallest absolute Gasteiger partial charge is 0.323 e. The highest BCUT2D eigenvalue weighted by molar-refractivity contribution is 6.02. The molecule has 3 aromatic carbocycles. The number of carbonyl (C=O) groups excluding carboxylic acids is 1. The molecule has 8 heteroatoms. The van der Waals surface area contributed by atoms with E-state index < -0.39 is 12.6 Å². The Hall–Kier alpha value is -3.43. The molecule has 0 radical (unpaired) electrons. The van der Waals surface area contributed by atoms with Gasteiger partial charge in [0.05, 0.1) is 19.8 Å². The predicted octanol–water partition coefficient (Wildman–Crippen LogP) is 3.27. The molecule has 2 aliphatic rings. The van der Waals surface area contributed by atoms with E-state index >= 15 is 0 Å². The first-order valence-electron chi connectivity index (χ1n) is 11.7. The van der Waals surface area contributed by atoms with Gasteiger partial charge in [0.1, 0.15) is 5.75 Å². The summed E-state index contributed by atoms with van der Waals surface area (Å²) in [5, 5.41) is 47.3. The van der Waals surface area contributed by atoms with Crippen LogP contribution in [0.3, 0.4) is 0 Å². The molecule has 0 saturated heterocycles. The number of fused-ring (bicyclic) bond motifs is 2. The van der Waals surface area contributed by atoms with Gasteiger partial charge in [0.15, 0.2) is 0 Å². The number of rotatable bonds is 5. The van der Waals surface area contributed by atoms with E-state index in [1.807, 2.05) is 31.3 Å². The molecular weight excluding hydrogens is 446 g/mol. The van der Waals surface area contributed by atoms with Crippen LogP contribution in [0.1, 0.15) is 39.4 Å². The van der Waals surface area contributed by atoms with E-state index in [-0.39, 0.29) is 30.6 Å². The zero-order valence-electron chi connectivity index (χ0n) is 19.5. The average Bonchev–Trinajstić information content (AvgIpc) is 2.87. The van der Waals surface area contributed by atoms with Crippen molar-refractivity contribution in [2.45, 2.75) is 38.7 Å². The lowest BCUT2D eigenvalue weighted by Gasteiger charge is -2.42. The zero-order valence-corrected chi connectivity index (χ0v) is 19.5. The quantitative estimate of drug-likeness (QED) is 0.315. The second-order valence-electron chi connectivity index (χ2n) is 9.12. The normalized spacial score (nSPS) is 16.4. The maximum absolute atomic E-state index is 12.9. The van der Waals surface area contributed by atoms with Crippen molar-refractivity contribution in [3.8, 4) is 16.9 Å². The fourth-order valence-electron chi connectivity index (χ4n) is 5.47. The van der Waals surface area contributed by atoms with Crippen molar-refractivity contribution in [2.75, 3.05) is 24.2 Å². The van der Waals surface area contributed by atoms with Gasteiger partial charge in [-0.3, -0.25) is 4.90 Å². The number of hydrogen-bond acceptors (Lipinski definition) is 6. The molecule has 0 saturated carbocycles. The van der Waals surface area contributed by atoms with E-state index in [0.717, 1.165) is 29.7 Å². The molecule has 1 atom stereocenters. The van der Waals surface area contributed by atoms with Crippen LogP contribution in [-0.2, 0) is 32.7 Å². The lowest BCUT2D eigenvalue weighted by Crippen LogP contribution is -2.36. The van der Waals surface area contributed by atoms with Crippen molar-refractivity contribution in [1.29, 1.82) is 0 Å². The zero-order chi connectivity index (χ0) is 24.7. The fraction of sp³-hybridized carbons (Fsp3) is 0.296. The number of carbonyl (C=O) groups is 1. The molecule has 5 rings (SSSR count). The van der Waals surface area contributed by atoms with Crippen LogP contribution in [0.4, 0.5) is 16.2 Å². The molecule has 1 heterocycles. The van der Waals surface area contributed by atoms with Crippen molar-refractivity contribution in [2.24, 2.45) is 0 Å². The van der Waals surface area contributed by atoms with Crippen LogP contribution in [-0.4, -0.2) is 44.9 Å². The van der Waals surface area contributed by atoms with Gasteiger partial charge in [0, 0.05) is 35.1 Å². The topological polar surface area (TPSA) is 125 Å². The lowest BCUT2D eigenvalue weighted by molar-refractivity contribution is 0.225. The van der Waals surface area contributed by atoms with E-state index in [1.165, 1.54) is 0 Å². The van der Waals surface area contributed by atoms with Crippen molar-refractivity contribution in [1.82, 2.24) is 4.90 Å². The number of aliphatic hydroxyl groups is 3. The van der Waals surface area contributed by atoms with Gasteiger partial charge in [0.25, 0.3) is 0 Å². The fourth-order valence-corrected chi connectivity index (χ4v) is 5.47. The molecule has 0 bridgehead atoms. The Morgan fingerprint density at radius 3 is 2.43 bits per heavy atom. The Morgan fingerprint density at radius 2 is 1.74 bits per heavy atom. The molecule has 1 aliphatic carbocycles. The summed E-state index contributed by atoms with van der Waals surface area (Å²) >= 11 is 0. The summed E-state index contributed by atoms with van der Waals surface area (Å²) in [5.74, 6) is -0.0739. The first-order chi connectivity index (χ1) is 17.0. The summed E-state index contributed by atoms with van der Waals surface area (Å²) < 4.78 is 0. The standard InChI is InChI=1S/C27H29N3O5/c1-30-8-7-15-9-16(12-31)20(14-33)24-23(15)22(30)11-19-21(10-17(13-32)26(34)25(19)24)29-27(35)28-18-5-3-2-4-6-18/h2-6,9-10,22,31-34H,7-8,11-14H2,1H3,(H2,28,29,35). The summed E-state index contributed by atoms with van der Waals surface area (Å²) in [7, 11) is 2.04. The molecule has 6 N–H and O–H groups in total. The molecule has 1 aliphatic heterocycles. The molecule has 182 valence electrons. The number of urea groups is 1. The number of anilines is 2. The maximum atomic E-state index is 12.9. The van der Waals surface area contributed by atoms with Gasteiger partial charge < -0.3 is 31.1 Å². The third-order valence-corrected chi connectivity index (χ3v) is 7.16. The summed E-state index contributed by atoms with van der Waals surface area (Å²) in [4.78, 5) is 15.1. The third kappa shape index (κ3) is 3.94. The van der Waals surface area contributed by atoms with E-state index in [0.29, 0.717) is 40.0 Å². The lowest BCUT2D eigenvalue weighted by atomic mass is 9.73. The highest BCUT2D eigenvalue weighted by Gasteiger charge is 2.38. The minimum atomic E-state index is -0.442. The van der Waals surface area contributed by atoms with Crippen LogP contribution in [0, 0.1) is 0 Å². The minimum Gasteiger partial charge on any atom is -0.507 e. The number of likely N-dealkylation sites (N-methyl/N-ethyl adjacent to an activating group) is 1. The van der Waals surface area contributed by atoms with Crippen molar-refractivity contribution >= 4 is 17.4 Å². The number of nitrogens with zero attached hydrogens (tertiary/aromatic N) is 1. The number of aliphatic hydroxyl groups excluding tert-OH is 3. The summed E-state index contributed by atoms with van der Waals surface area (Å²) in [6.45, 7) is -0.146. The van der Waals surface area contributed by atoms with Crippen LogP contribution in [0.15, 0.2) is 42.5 Å². The van der Waals surface area contributed by atoms with E-state index in [1.54, 1.807) is 18.2 Å². The average molecular weight is 476 g/mol. The minimum absolute atomic E-state index is 0.0172. The number of nitrogens with one attached hydrogen (secondary N) is 2. The van der Waals surface area contributed by atoms with Gasteiger partial charge in [-0.05, 0) is 71.5 Å². The van der Waals surface area contributed by atoms with Crippen LogP contribution in [0.5, 0.6) is 5.75 Å². The van der Waals surface area contributed by atoms with Crippen LogP contribution in [0.25, 0.3) is 11.1 Å². The number of aromatic hydroxyl groups is 1. The van der Waals surface area contributed by atoms with Gasteiger partial charge in [-0.1, -0.05) is 24.3 Å². The van der Waals surface area contributed by atoms with Crippen molar-refractivity contribution < 1.29 is 25.2 Å². The molecule has 0 aromatic heterocycles. The van der Waals surface area contributed by atoms with Crippen molar-refractivity contribution in [3.63, 3.8) is 0 Å².